The zero-order valence-corrected chi connectivity index (χ0v) is 16.5. The number of nitriles is 1. The molecule has 1 aliphatic heterocycles. The minimum absolute atomic E-state index is 0.237. The van der Waals surface area contributed by atoms with Crippen LogP contribution in [0, 0.1) is 11.3 Å². The number of morpholine rings is 1. The van der Waals surface area contributed by atoms with Crippen LogP contribution in [-0.4, -0.2) is 44.8 Å². The minimum Gasteiger partial charge on any atom is -0.452 e. The third kappa shape index (κ3) is 6.03. The number of amides is 1. The third-order valence-electron chi connectivity index (χ3n) is 4.55. The maximum absolute atomic E-state index is 12.2. The van der Waals surface area contributed by atoms with Gasteiger partial charge < -0.3 is 19.7 Å². The van der Waals surface area contributed by atoms with Crippen molar-refractivity contribution in [3.63, 3.8) is 0 Å². The number of nitrogens with zero attached hydrogens (tertiary/aromatic N) is 1. The van der Waals surface area contributed by atoms with Gasteiger partial charge in [-0.3, -0.25) is 4.79 Å². The molecule has 0 spiro atoms. The summed E-state index contributed by atoms with van der Waals surface area (Å²) in [6.07, 6.45) is 0. The van der Waals surface area contributed by atoms with Crippen molar-refractivity contribution < 1.29 is 24.0 Å². The number of benzene rings is 2. The number of hydrogen-bond acceptors (Lipinski definition) is 5. The fourth-order valence-corrected chi connectivity index (χ4v) is 3.20. The molecule has 3 rings (SSSR count). The smallest absolute Gasteiger partial charge is 0.338 e. The van der Waals surface area contributed by atoms with Crippen LogP contribution >= 0.6 is 11.6 Å². The van der Waals surface area contributed by atoms with E-state index in [0.29, 0.717) is 16.8 Å². The Labute approximate surface area is 173 Å². The lowest BCUT2D eigenvalue weighted by molar-refractivity contribution is -0.921. The van der Waals surface area contributed by atoms with E-state index in [-0.39, 0.29) is 5.02 Å². The number of hydrogen-bond donors (Lipinski definition) is 2. The lowest BCUT2D eigenvalue weighted by Crippen LogP contribution is -3.12. The number of halogens is 1. The fourth-order valence-electron chi connectivity index (χ4n) is 2.98. The Hall–Kier alpha value is -2.92. The molecule has 0 unspecified atom stereocenters. The molecule has 1 fully saturated rings. The number of rotatable bonds is 6. The van der Waals surface area contributed by atoms with Gasteiger partial charge in [-0.25, -0.2) is 4.79 Å². The van der Waals surface area contributed by atoms with Crippen molar-refractivity contribution in [3.8, 4) is 6.07 Å². The number of carbonyl (C=O) groups excluding carboxylic acids is 2. The summed E-state index contributed by atoms with van der Waals surface area (Å²) < 4.78 is 10.4. The molecule has 0 aromatic heterocycles. The molecule has 0 atom stereocenters. The molecule has 1 saturated heterocycles. The first-order valence-corrected chi connectivity index (χ1v) is 9.60. The first-order chi connectivity index (χ1) is 14.0. The zero-order valence-electron chi connectivity index (χ0n) is 15.7. The van der Waals surface area contributed by atoms with Gasteiger partial charge in [-0.1, -0.05) is 23.7 Å². The zero-order chi connectivity index (χ0) is 20.6. The van der Waals surface area contributed by atoms with Crippen molar-refractivity contribution in [1.29, 1.82) is 5.26 Å². The van der Waals surface area contributed by atoms with Crippen LogP contribution in [-0.2, 0) is 20.8 Å². The summed E-state index contributed by atoms with van der Waals surface area (Å²) in [6, 6.07) is 13.7. The van der Waals surface area contributed by atoms with Gasteiger partial charge in [0.25, 0.3) is 5.91 Å². The van der Waals surface area contributed by atoms with E-state index >= 15 is 0 Å². The molecule has 0 aliphatic carbocycles. The molecule has 8 heteroatoms. The van der Waals surface area contributed by atoms with Crippen LogP contribution in [0.5, 0.6) is 0 Å². The maximum atomic E-state index is 12.2. The van der Waals surface area contributed by atoms with Crippen molar-refractivity contribution in [3.05, 3.63) is 64.2 Å². The molecule has 0 radical (unpaired) electrons. The quantitative estimate of drug-likeness (QED) is 0.697. The standard InChI is InChI=1S/C21H20ClN3O4/c22-19-11-18(6-5-17(19)12-23)24-20(26)14-29-21(27)16-3-1-15(2-4-16)13-25-7-9-28-10-8-25/h1-6,11H,7-10,13-14H2,(H,24,26)/p+1. The maximum Gasteiger partial charge on any atom is 0.338 e. The topological polar surface area (TPSA) is 92.9 Å². The second-order valence-corrected chi connectivity index (χ2v) is 7.07. The second-order valence-electron chi connectivity index (χ2n) is 6.67. The summed E-state index contributed by atoms with van der Waals surface area (Å²) in [5.41, 5.74) is 2.26. The van der Waals surface area contributed by atoms with Crippen LogP contribution in [0.4, 0.5) is 5.69 Å². The molecule has 2 aromatic rings. The third-order valence-corrected chi connectivity index (χ3v) is 4.86. The van der Waals surface area contributed by atoms with Crippen LogP contribution in [0.3, 0.4) is 0 Å². The number of carbonyl (C=O) groups is 2. The van der Waals surface area contributed by atoms with Crippen molar-refractivity contribution in [2.24, 2.45) is 0 Å². The molecule has 0 saturated carbocycles. The molecular weight excluding hydrogens is 394 g/mol. The van der Waals surface area contributed by atoms with Gasteiger partial charge in [0.1, 0.15) is 25.7 Å². The first-order valence-electron chi connectivity index (χ1n) is 9.22. The highest BCUT2D eigenvalue weighted by Gasteiger charge is 2.15. The summed E-state index contributed by atoms with van der Waals surface area (Å²) in [5, 5.41) is 11.7. The lowest BCUT2D eigenvalue weighted by atomic mass is 10.1. The number of nitrogens with one attached hydrogen (secondary N) is 2. The van der Waals surface area contributed by atoms with Crippen LogP contribution < -0.4 is 10.2 Å². The molecule has 2 aromatic carbocycles. The Kier molecular flexibility index (Phi) is 7.19. The summed E-state index contributed by atoms with van der Waals surface area (Å²) in [6.45, 7) is 3.96. The normalized spacial score (nSPS) is 14.1. The Morgan fingerprint density at radius 1 is 1.17 bits per heavy atom. The van der Waals surface area contributed by atoms with E-state index in [9.17, 15) is 9.59 Å². The predicted molar refractivity (Wildman–Crippen MR) is 107 cm³/mol. The van der Waals surface area contributed by atoms with Gasteiger partial charge in [0, 0.05) is 11.3 Å². The molecule has 150 valence electrons. The van der Waals surface area contributed by atoms with Gasteiger partial charge in [-0.15, -0.1) is 0 Å². The average Bonchev–Trinajstić information content (AvgIpc) is 2.73. The Morgan fingerprint density at radius 3 is 2.55 bits per heavy atom. The van der Waals surface area contributed by atoms with Gasteiger partial charge in [-0.05, 0) is 30.3 Å². The molecule has 1 aliphatic rings. The molecule has 0 bridgehead atoms. The highest BCUT2D eigenvalue weighted by atomic mass is 35.5. The van der Waals surface area contributed by atoms with E-state index in [1.807, 2.05) is 18.2 Å². The molecule has 1 amide bonds. The molecule has 2 N–H and O–H groups in total. The van der Waals surface area contributed by atoms with Gasteiger partial charge in [0.15, 0.2) is 6.61 Å². The van der Waals surface area contributed by atoms with Crippen molar-refractivity contribution in [2.75, 3.05) is 38.2 Å². The van der Waals surface area contributed by atoms with Crippen LogP contribution in [0.1, 0.15) is 21.5 Å². The van der Waals surface area contributed by atoms with Crippen LogP contribution in [0.25, 0.3) is 0 Å². The molecule has 29 heavy (non-hydrogen) atoms. The second kappa shape index (κ2) is 10.0. The lowest BCUT2D eigenvalue weighted by Gasteiger charge is -2.23. The van der Waals surface area contributed by atoms with Gasteiger partial charge in [0.2, 0.25) is 0 Å². The van der Waals surface area contributed by atoms with E-state index in [0.717, 1.165) is 38.4 Å². The Morgan fingerprint density at radius 2 is 1.90 bits per heavy atom. The average molecular weight is 415 g/mol. The van der Waals surface area contributed by atoms with E-state index in [1.54, 1.807) is 18.2 Å². The highest BCUT2D eigenvalue weighted by molar-refractivity contribution is 6.32. The molecular formula is C21H21ClN3O4+. The van der Waals surface area contributed by atoms with E-state index < -0.39 is 18.5 Å². The first kappa shape index (κ1) is 20.8. The summed E-state index contributed by atoms with van der Waals surface area (Å²) >= 11 is 5.93. The SMILES string of the molecule is N#Cc1ccc(NC(=O)COC(=O)c2ccc(C[NH+]3CCOCC3)cc2)cc1Cl. The van der Waals surface area contributed by atoms with Gasteiger partial charge in [0.05, 0.1) is 29.4 Å². The van der Waals surface area contributed by atoms with E-state index in [4.69, 9.17) is 26.3 Å². The van der Waals surface area contributed by atoms with Crippen molar-refractivity contribution >= 4 is 29.2 Å². The molecule has 7 nitrogen and oxygen atoms in total. The van der Waals surface area contributed by atoms with Crippen LogP contribution in [0.2, 0.25) is 5.02 Å². The Balaban J connectivity index is 1.47. The minimum atomic E-state index is -0.566. The van der Waals surface area contributed by atoms with Crippen molar-refractivity contribution in [1.82, 2.24) is 0 Å². The summed E-state index contributed by atoms with van der Waals surface area (Å²) in [4.78, 5) is 25.6. The van der Waals surface area contributed by atoms with Gasteiger partial charge >= 0.3 is 5.97 Å². The predicted octanol–water partition coefficient (Wildman–Crippen LogP) is 1.42. The van der Waals surface area contributed by atoms with Crippen LogP contribution in [0.15, 0.2) is 42.5 Å². The summed E-state index contributed by atoms with van der Waals surface area (Å²) in [5.74, 6) is -1.06. The number of ether oxygens (including phenoxy) is 2. The summed E-state index contributed by atoms with van der Waals surface area (Å²) in [7, 11) is 0. The monoisotopic (exact) mass is 414 g/mol. The van der Waals surface area contributed by atoms with E-state index in [2.05, 4.69) is 5.32 Å². The fraction of sp³-hybridized carbons (Fsp3) is 0.286. The number of esters is 1. The number of quaternary nitrogens is 1. The van der Waals surface area contributed by atoms with Crippen molar-refractivity contribution in [2.45, 2.75) is 6.54 Å². The largest absolute Gasteiger partial charge is 0.452 e. The van der Waals surface area contributed by atoms with Gasteiger partial charge in [-0.2, -0.15) is 5.26 Å². The van der Waals surface area contributed by atoms with E-state index in [1.165, 1.54) is 17.0 Å². The molecule has 1 heterocycles. The number of anilines is 1. The Bertz CT molecular complexity index is 919. The highest BCUT2D eigenvalue weighted by Crippen LogP contribution is 2.20.